The Labute approximate surface area is 98.8 Å². The van der Waals surface area contributed by atoms with Crippen LogP contribution in [-0.2, 0) is 14.2 Å². The minimum Gasteiger partial charge on any atom is -0.481 e. The molecular weight excluding hydrogens is 249 g/mol. The highest BCUT2D eigenvalue weighted by Crippen LogP contribution is 2.49. The van der Waals surface area contributed by atoms with E-state index in [4.69, 9.17) is 16.6 Å². The van der Waals surface area contributed by atoms with Crippen LogP contribution < -0.4 is 16.8 Å². The molecule has 0 radical (unpaired) electrons. The van der Waals surface area contributed by atoms with Crippen molar-refractivity contribution < 1.29 is 24.2 Å². The Morgan fingerprint density at radius 1 is 1.35 bits per heavy atom. The van der Waals surface area contributed by atoms with Gasteiger partial charge in [-0.3, -0.25) is 14.2 Å². The molecule has 0 rings (SSSR count). The Morgan fingerprint density at radius 2 is 1.82 bits per heavy atom. The van der Waals surface area contributed by atoms with Crippen molar-refractivity contribution in [1.82, 2.24) is 5.32 Å². The fourth-order valence-electron chi connectivity index (χ4n) is 1.02. The predicted molar refractivity (Wildman–Crippen MR) is 61.3 cm³/mol. The van der Waals surface area contributed by atoms with E-state index < -0.39 is 43.3 Å². The molecule has 0 heterocycles. The van der Waals surface area contributed by atoms with E-state index in [1.807, 2.05) is 0 Å². The first kappa shape index (κ1) is 16.1. The lowest BCUT2D eigenvalue weighted by atomic mass is 10.3. The van der Waals surface area contributed by atoms with Gasteiger partial charge in [-0.1, -0.05) is 0 Å². The van der Waals surface area contributed by atoms with Gasteiger partial charge in [0.25, 0.3) is 0 Å². The van der Waals surface area contributed by atoms with Gasteiger partial charge in [0.15, 0.2) is 0 Å². The van der Waals surface area contributed by atoms with E-state index in [0.717, 1.165) is 0 Å². The van der Waals surface area contributed by atoms with Crippen LogP contribution in [0.2, 0.25) is 0 Å². The van der Waals surface area contributed by atoms with E-state index >= 15 is 0 Å². The topological polar surface area (TPSA) is 156 Å². The van der Waals surface area contributed by atoms with Gasteiger partial charge in [-0.05, 0) is 13.8 Å². The minimum atomic E-state index is -4.01. The quantitative estimate of drug-likeness (QED) is 0.379. The molecule has 3 unspecified atom stereocenters. The first-order chi connectivity index (χ1) is 7.59. The van der Waals surface area contributed by atoms with Crippen LogP contribution in [-0.4, -0.2) is 39.5 Å². The van der Waals surface area contributed by atoms with Crippen molar-refractivity contribution >= 4 is 19.2 Å². The molecule has 4 atom stereocenters. The summed E-state index contributed by atoms with van der Waals surface area (Å²) in [4.78, 5) is 31.5. The Bertz CT molecular complexity index is 344. The van der Waals surface area contributed by atoms with Crippen LogP contribution in [0.1, 0.15) is 20.3 Å². The Hall–Kier alpha value is -0.950. The Morgan fingerprint density at radius 3 is 2.12 bits per heavy atom. The number of carbonyl (C=O) groups is 2. The SMILES string of the molecule is CC(N)P(=O)(O)C(CC(=O)O)NC(=O)[C@H](C)N. The van der Waals surface area contributed by atoms with Crippen molar-refractivity contribution in [2.45, 2.75) is 37.9 Å². The van der Waals surface area contributed by atoms with Crippen LogP contribution in [0, 0.1) is 0 Å². The van der Waals surface area contributed by atoms with E-state index in [-0.39, 0.29) is 0 Å². The summed E-state index contributed by atoms with van der Waals surface area (Å²) < 4.78 is 11.8. The van der Waals surface area contributed by atoms with Crippen molar-refractivity contribution in [3.8, 4) is 0 Å². The average Bonchev–Trinajstić information content (AvgIpc) is 2.15. The molecule has 0 aromatic rings. The molecule has 0 bridgehead atoms. The summed E-state index contributed by atoms with van der Waals surface area (Å²) in [5.74, 6) is -4.58. The van der Waals surface area contributed by atoms with Crippen molar-refractivity contribution in [2.24, 2.45) is 11.5 Å². The molecule has 0 saturated carbocycles. The highest BCUT2D eigenvalue weighted by atomic mass is 31.2. The van der Waals surface area contributed by atoms with Gasteiger partial charge < -0.3 is 26.8 Å². The largest absolute Gasteiger partial charge is 0.481 e. The first-order valence-corrected chi connectivity index (χ1v) is 6.74. The zero-order chi connectivity index (χ0) is 13.8. The summed E-state index contributed by atoms with van der Waals surface area (Å²) in [6.45, 7) is 2.65. The lowest BCUT2D eigenvalue weighted by molar-refractivity contribution is -0.137. The van der Waals surface area contributed by atoms with Gasteiger partial charge >= 0.3 is 5.97 Å². The number of amides is 1. The number of hydrogen-bond acceptors (Lipinski definition) is 5. The molecule has 1 amide bonds. The van der Waals surface area contributed by atoms with E-state index in [1.54, 1.807) is 0 Å². The highest BCUT2D eigenvalue weighted by Gasteiger charge is 2.37. The van der Waals surface area contributed by atoms with Crippen molar-refractivity contribution in [3.63, 3.8) is 0 Å². The summed E-state index contributed by atoms with van der Waals surface area (Å²) >= 11 is 0. The maximum absolute atomic E-state index is 11.8. The molecular formula is C8H18N3O5P. The second-order valence-corrected chi connectivity index (χ2v) is 6.61. The summed E-state index contributed by atoms with van der Waals surface area (Å²) in [6, 6.07) is -0.903. The summed E-state index contributed by atoms with van der Waals surface area (Å²) in [6.07, 6.45) is -0.687. The molecule has 0 aromatic heterocycles. The van der Waals surface area contributed by atoms with Crippen molar-refractivity contribution in [2.75, 3.05) is 0 Å². The monoisotopic (exact) mass is 267 g/mol. The van der Waals surface area contributed by atoms with Gasteiger partial charge in [0.05, 0.1) is 18.2 Å². The third kappa shape index (κ3) is 4.82. The molecule has 9 heteroatoms. The van der Waals surface area contributed by atoms with Crippen LogP contribution in [0.4, 0.5) is 0 Å². The standard InChI is InChI=1S/C8H18N3O5P/c1-4(9)8(14)11-6(3-7(12)13)17(15,16)5(2)10/h4-6H,3,9-10H2,1-2H3,(H,11,14)(H,12,13)(H,15,16)/t4-,5?,6?/m0/s1. The van der Waals surface area contributed by atoms with Gasteiger partial charge in [0.1, 0.15) is 5.78 Å². The van der Waals surface area contributed by atoms with E-state index in [2.05, 4.69) is 5.32 Å². The maximum atomic E-state index is 11.8. The molecule has 100 valence electrons. The molecule has 0 aliphatic carbocycles. The molecule has 17 heavy (non-hydrogen) atoms. The van der Waals surface area contributed by atoms with Gasteiger partial charge in [0.2, 0.25) is 13.3 Å². The number of rotatable bonds is 6. The number of nitrogens with one attached hydrogen (secondary N) is 1. The molecule has 0 aliphatic heterocycles. The normalized spacial score (nSPS) is 19.8. The number of nitrogens with two attached hydrogens (primary N) is 2. The number of aliphatic carboxylic acids is 1. The predicted octanol–water partition coefficient (Wildman–Crippen LogP) is -1.17. The van der Waals surface area contributed by atoms with Gasteiger partial charge in [-0.2, -0.15) is 0 Å². The molecule has 0 aromatic carbocycles. The zero-order valence-corrected chi connectivity index (χ0v) is 10.6. The number of carbonyl (C=O) groups excluding carboxylic acids is 1. The Balaban J connectivity index is 4.95. The highest BCUT2D eigenvalue weighted by molar-refractivity contribution is 7.59. The van der Waals surface area contributed by atoms with Crippen molar-refractivity contribution in [3.05, 3.63) is 0 Å². The summed E-state index contributed by atoms with van der Waals surface area (Å²) in [5.41, 5.74) is 10.6. The first-order valence-electron chi connectivity index (χ1n) is 4.94. The average molecular weight is 267 g/mol. The van der Waals surface area contributed by atoms with Crippen molar-refractivity contribution in [1.29, 1.82) is 0 Å². The summed E-state index contributed by atoms with van der Waals surface area (Å²) in [7, 11) is -4.01. The van der Waals surface area contributed by atoms with Crippen LogP contribution in [0.25, 0.3) is 0 Å². The van der Waals surface area contributed by atoms with Gasteiger partial charge in [-0.25, -0.2) is 0 Å². The maximum Gasteiger partial charge on any atom is 0.306 e. The second kappa shape index (κ2) is 6.11. The van der Waals surface area contributed by atoms with E-state index in [1.165, 1.54) is 13.8 Å². The van der Waals surface area contributed by atoms with Gasteiger partial charge in [0, 0.05) is 0 Å². The van der Waals surface area contributed by atoms with Crippen LogP contribution in [0.3, 0.4) is 0 Å². The molecule has 8 nitrogen and oxygen atoms in total. The third-order valence-electron chi connectivity index (χ3n) is 2.12. The second-order valence-electron chi connectivity index (χ2n) is 3.82. The zero-order valence-electron chi connectivity index (χ0n) is 9.66. The van der Waals surface area contributed by atoms with E-state index in [0.29, 0.717) is 0 Å². The van der Waals surface area contributed by atoms with Crippen LogP contribution in [0.15, 0.2) is 0 Å². The fraction of sp³-hybridized carbons (Fsp3) is 0.750. The molecule has 0 fully saturated rings. The number of hydrogen-bond donors (Lipinski definition) is 5. The number of carboxylic acid groups (broad SMARTS) is 1. The third-order valence-corrected chi connectivity index (χ3v) is 4.49. The summed E-state index contributed by atoms with van der Waals surface area (Å²) in [5, 5.41) is 10.8. The molecule has 0 spiro atoms. The fourth-order valence-corrected chi connectivity index (χ4v) is 2.32. The van der Waals surface area contributed by atoms with E-state index in [9.17, 15) is 19.0 Å². The molecule has 7 N–H and O–H groups in total. The van der Waals surface area contributed by atoms with Crippen LogP contribution >= 0.6 is 7.37 Å². The minimum absolute atomic E-state index is 0.687. The molecule has 0 aliphatic rings. The lowest BCUT2D eigenvalue weighted by Crippen LogP contribution is -2.46. The van der Waals surface area contributed by atoms with Crippen LogP contribution in [0.5, 0.6) is 0 Å². The molecule has 0 saturated heterocycles. The van der Waals surface area contributed by atoms with Gasteiger partial charge in [-0.15, -0.1) is 0 Å². The lowest BCUT2D eigenvalue weighted by Gasteiger charge is -2.26. The smallest absolute Gasteiger partial charge is 0.306 e. The Kier molecular flexibility index (Phi) is 5.77. The number of carboxylic acids is 1.